The van der Waals surface area contributed by atoms with E-state index in [2.05, 4.69) is 21.3 Å². The van der Waals surface area contributed by atoms with Crippen molar-refractivity contribution >= 4 is 58.3 Å². The molecule has 0 radical (unpaired) electrons. The Morgan fingerprint density at radius 2 is 2.03 bits per heavy atom. The van der Waals surface area contributed by atoms with Crippen LogP contribution in [0.25, 0.3) is 11.1 Å². The summed E-state index contributed by atoms with van der Waals surface area (Å²) in [5, 5.41) is 7.98. The largest absolute Gasteiger partial charge is 0.462 e. The van der Waals surface area contributed by atoms with Crippen LogP contribution in [0.3, 0.4) is 0 Å². The average molecular weight is 556 g/mol. The number of halogens is 1. The van der Waals surface area contributed by atoms with Crippen LogP contribution >= 0.6 is 34.7 Å². The summed E-state index contributed by atoms with van der Waals surface area (Å²) >= 11 is 9.23. The van der Waals surface area contributed by atoms with E-state index in [4.69, 9.17) is 16.3 Å². The first-order valence-electron chi connectivity index (χ1n) is 12.5. The van der Waals surface area contributed by atoms with E-state index in [1.165, 1.54) is 16.6 Å². The number of ether oxygens (including phenoxy) is 1. The van der Waals surface area contributed by atoms with E-state index >= 15 is 0 Å². The van der Waals surface area contributed by atoms with Crippen molar-refractivity contribution < 1.29 is 14.3 Å². The van der Waals surface area contributed by atoms with E-state index in [9.17, 15) is 9.59 Å². The molecule has 6 nitrogen and oxygen atoms in total. The third-order valence-electron chi connectivity index (χ3n) is 6.80. The molecule has 194 valence electrons. The molecule has 3 aromatic rings. The molecule has 1 unspecified atom stereocenters. The molecule has 1 aliphatic heterocycles. The highest BCUT2D eigenvalue weighted by Crippen LogP contribution is 2.40. The molecular weight excluding hydrogens is 526 g/mol. The fraction of sp³-hybridized carbons (Fsp3) is 0.357. The molecule has 5 rings (SSSR count). The fourth-order valence-corrected chi connectivity index (χ4v) is 7.69. The fourth-order valence-electron chi connectivity index (χ4n) is 5.01. The minimum absolute atomic E-state index is 0.113. The van der Waals surface area contributed by atoms with E-state index in [0.717, 1.165) is 64.4 Å². The summed E-state index contributed by atoms with van der Waals surface area (Å²) in [5.74, 6) is -0.362. The number of aryl methyl sites for hydroxylation is 3. The van der Waals surface area contributed by atoms with Gasteiger partial charge >= 0.3 is 5.97 Å². The molecule has 2 aliphatic rings. The Hall–Kier alpha value is -2.68. The van der Waals surface area contributed by atoms with Gasteiger partial charge in [-0.15, -0.1) is 11.3 Å². The number of thiophene rings is 1. The zero-order chi connectivity index (χ0) is 26.3. The maximum absolute atomic E-state index is 13.0. The van der Waals surface area contributed by atoms with Crippen molar-refractivity contribution in [3.63, 3.8) is 0 Å². The number of amides is 1. The molecule has 2 N–H and O–H groups in total. The van der Waals surface area contributed by atoms with Crippen molar-refractivity contribution in [3.8, 4) is 5.00 Å². The van der Waals surface area contributed by atoms with Crippen molar-refractivity contribution in [2.75, 3.05) is 11.9 Å². The van der Waals surface area contributed by atoms with Gasteiger partial charge in [0.1, 0.15) is 5.00 Å². The van der Waals surface area contributed by atoms with Crippen LogP contribution in [0.1, 0.15) is 63.1 Å². The van der Waals surface area contributed by atoms with Crippen LogP contribution in [0.15, 0.2) is 29.2 Å². The number of benzene rings is 1. The van der Waals surface area contributed by atoms with Gasteiger partial charge in [-0.3, -0.25) is 4.79 Å². The lowest BCUT2D eigenvalue weighted by molar-refractivity contribution is -0.116. The van der Waals surface area contributed by atoms with Crippen LogP contribution in [0.5, 0.6) is 0 Å². The second-order valence-corrected chi connectivity index (χ2v) is 12.0. The molecule has 0 bridgehead atoms. The van der Waals surface area contributed by atoms with E-state index in [1.54, 1.807) is 11.3 Å². The molecule has 0 saturated carbocycles. The number of nitrogens with one attached hydrogen (secondary N) is 2. The summed E-state index contributed by atoms with van der Waals surface area (Å²) in [7, 11) is 0. The number of hydrogen-bond acceptors (Lipinski definition) is 6. The first-order chi connectivity index (χ1) is 17.8. The zero-order valence-corrected chi connectivity index (χ0v) is 23.8. The smallest absolute Gasteiger partial charge is 0.341 e. The first kappa shape index (κ1) is 25.9. The Bertz CT molecular complexity index is 1420. The van der Waals surface area contributed by atoms with Crippen molar-refractivity contribution in [1.29, 1.82) is 0 Å². The highest BCUT2D eigenvalue weighted by Gasteiger charge is 2.30. The summed E-state index contributed by atoms with van der Waals surface area (Å²) in [4.78, 5) is 27.8. The average Bonchev–Trinajstić information content (AvgIpc) is 3.48. The Morgan fingerprint density at radius 1 is 1.24 bits per heavy atom. The van der Waals surface area contributed by atoms with Gasteiger partial charge in [-0.2, -0.15) is 0 Å². The van der Waals surface area contributed by atoms with E-state index < -0.39 is 0 Å². The maximum atomic E-state index is 13.0. The molecule has 2 aromatic heterocycles. The zero-order valence-electron chi connectivity index (χ0n) is 21.4. The van der Waals surface area contributed by atoms with Gasteiger partial charge in [-0.05, 0) is 100 Å². The second kappa shape index (κ2) is 10.6. The van der Waals surface area contributed by atoms with Gasteiger partial charge in [0.25, 0.3) is 5.91 Å². The van der Waals surface area contributed by atoms with Gasteiger partial charge in [0, 0.05) is 27.0 Å². The summed E-state index contributed by atoms with van der Waals surface area (Å²) in [6.45, 7) is 8.25. The third kappa shape index (κ3) is 5.07. The standard InChI is InChI=1S/C28H30ClN3O3S2/c1-5-35-27(34)24-20-8-6-7-9-22(20)36-26(24)32-16(3)13-18(17(32)4)14-23-25(33)31-28(37-23)30-21-11-10-19(29)12-15(21)2/h10-14,28,30H,5-9H2,1-4H3,(H,31,33)/b23-14-. The summed E-state index contributed by atoms with van der Waals surface area (Å²) in [6.07, 6.45) is 6.09. The molecule has 1 aliphatic carbocycles. The Labute approximate surface area is 230 Å². The van der Waals surface area contributed by atoms with Crippen molar-refractivity contribution in [2.45, 2.75) is 58.9 Å². The predicted octanol–water partition coefficient (Wildman–Crippen LogP) is 6.77. The van der Waals surface area contributed by atoms with Gasteiger partial charge in [-0.25, -0.2) is 4.79 Å². The lowest BCUT2D eigenvalue weighted by atomic mass is 9.95. The van der Waals surface area contributed by atoms with Crippen molar-refractivity contribution in [1.82, 2.24) is 9.88 Å². The summed E-state index contributed by atoms with van der Waals surface area (Å²) < 4.78 is 7.61. The van der Waals surface area contributed by atoms with Gasteiger partial charge in [0.05, 0.1) is 17.1 Å². The van der Waals surface area contributed by atoms with E-state index in [1.807, 2.05) is 52.0 Å². The molecule has 1 atom stereocenters. The lowest BCUT2D eigenvalue weighted by Crippen LogP contribution is -2.31. The van der Waals surface area contributed by atoms with Gasteiger partial charge in [0.15, 0.2) is 5.50 Å². The SMILES string of the molecule is CCOC(=O)c1c(-n2c(C)cc(/C=C3\SC(Nc4ccc(Cl)cc4C)NC3=O)c2C)sc2c1CCCC2. The van der Waals surface area contributed by atoms with Crippen LogP contribution < -0.4 is 10.6 Å². The van der Waals surface area contributed by atoms with Crippen LogP contribution in [-0.2, 0) is 22.4 Å². The number of anilines is 1. The number of hydrogen-bond donors (Lipinski definition) is 2. The molecular formula is C28H30ClN3O3S2. The first-order valence-corrected chi connectivity index (χ1v) is 14.6. The van der Waals surface area contributed by atoms with Gasteiger partial charge < -0.3 is 19.9 Å². The molecule has 1 amide bonds. The molecule has 3 heterocycles. The van der Waals surface area contributed by atoms with Gasteiger partial charge in [0.2, 0.25) is 0 Å². The number of thioether (sulfide) groups is 1. The molecule has 9 heteroatoms. The Kier molecular flexibility index (Phi) is 7.43. The molecule has 1 fully saturated rings. The van der Waals surface area contributed by atoms with E-state index in [-0.39, 0.29) is 17.4 Å². The van der Waals surface area contributed by atoms with Crippen LogP contribution in [0.2, 0.25) is 5.02 Å². The van der Waals surface area contributed by atoms with Crippen LogP contribution in [0.4, 0.5) is 5.69 Å². The number of carbonyl (C=O) groups is 2. The minimum Gasteiger partial charge on any atom is -0.462 e. The third-order valence-corrected chi connectivity index (χ3v) is 9.34. The number of rotatable bonds is 6. The van der Waals surface area contributed by atoms with Crippen molar-refractivity contribution in [3.05, 3.63) is 72.7 Å². The normalized spacial score (nSPS) is 18.1. The maximum Gasteiger partial charge on any atom is 0.341 e. The molecule has 37 heavy (non-hydrogen) atoms. The Balaban J connectivity index is 1.46. The highest BCUT2D eigenvalue weighted by molar-refractivity contribution is 8.05. The second-order valence-electron chi connectivity index (χ2n) is 9.36. The molecule has 1 aromatic carbocycles. The predicted molar refractivity (Wildman–Crippen MR) is 153 cm³/mol. The Morgan fingerprint density at radius 3 is 2.78 bits per heavy atom. The van der Waals surface area contributed by atoms with Crippen LogP contribution in [-0.4, -0.2) is 28.5 Å². The minimum atomic E-state index is -0.276. The van der Waals surface area contributed by atoms with Crippen LogP contribution in [0, 0.1) is 20.8 Å². The topological polar surface area (TPSA) is 72.4 Å². The number of fused-ring (bicyclic) bond motifs is 1. The summed E-state index contributed by atoms with van der Waals surface area (Å²) in [6, 6.07) is 7.72. The number of aromatic nitrogens is 1. The number of esters is 1. The number of nitrogens with zero attached hydrogens (tertiary/aromatic N) is 1. The molecule has 1 saturated heterocycles. The van der Waals surface area contributed by atoms with Gasteiger partial charge in [-0.1, -0.05) is 23.4 Å². The number of carbonyl (C=O) groups excluding carboxylic acids is 2. The highest BCUT2D eigenvalue weighted by atomic mass is 35.5. The lowest BCUT2D eigenvalue weighted by Gasteiger charge is -2.15. The quantitative estimate of drug-likeness (QED) is 0.259. The monoisotopic (exact) mass is 555 g/mol. The molecule has 0 spiro atoms. The summed E-state index contributed by atoms with van der Waals surface area (Å²) in [5.41, 5.74) is 6.48. The van der Waals surface area contributed by atoms with Crippen molar-refractivity contribution in [2.24, 2.45) is 0 Å². The van der Waals surface area contributed by atoms with E-state index in [0.29, 0.717) is 22.1 Å².